The van der Waals surface area contributed by atoms with Crippen LogP contribution in [0.3, 0.4) is 0 Å². The minimum Gasteiger partial charge on any atom is -0.460 e. The quantitative estimate of drug-likeness (QED) is 0.702. The number of nitrogens with zero attached hydrogens (tertiary/aromatic N) is 2. The Kier molecular flexibility index (Phi) is 5.25. The van der Waals surface area contributed by atoms with Crippen molar-refractivity contribution < 1.29 is 9.53 Å². The van der Waals surface area contributed by atoms with Crippen LogP contribution in [-0.2, 0) is 16.1 Å². The molecule has 0 aliphatic heterocycles. The molecule has 1 heterocycles. The number of aromatic nitrogens is 2. The van der Waals surface area contributed by atoms with E-state index in [0.29, 0.717) is 18.9 Å². The van der Waals surface area contributed by atoms with Gasteiger partial charge in [-0.2, -0.15) is 0 Å². The molecular weight excluding hydrogens is 212 g/mol. The lowest BCUT2D eigenvalue weighted by atomic mass is 10.0. The van der Waals surface area contributed by atoms with Crippen LogP contribution in [0, 0.1) is 5.92 Å². The lowest BCUT2D eigenvalue weighted by molar-refractivity contribution is -0.145. The first-order valence-corrected chi connectivity index (χ1v) is 5.91. The third-order valence-electron chi connectivity index (χ3n) is 2.08. The molecule has 0 aliphatic carbocycles. The second-order valence-electron chi connectivity index (χ2n) is 3.64. The summed E-state index contributed by atoms with van der Waals surface area (Å²) in [6, 6.07) is 0. The third kappa shape index (κ3) is 4.88. The van der Waals surface area contributed by atoms with Gasteiger partial charge < -0.3 is 4.74 Å². The zero-order valence-corrected chi connectivity index (χ0v) is 9.92. The van der Waals surface area contributed by atoms with E-state index in [2.05, 4.69) is 23.4 Å². The largest absolute Gasteiger partial charge is 0.460 e. The van der Waals surface area contributed by atoms with E-state index in [1.807, 2.05) is 0 Å². The Morgan fingerprint density at radius 1 is 1.67 bits per heavy atom. The van der Waals surface area contributed by atoms with E-state index < -0.39 is 0 Å². The molecule has 0 aromatic carbocycles. The fraction of sp³-hybridized carbons (Fsp3) is 0.700. The lowest BCUT2D eigenvalue weighted by Crippen LogP contribution is -2.09. The van der Waals surface area contributed by atoms with Gasteiger partial charge in [0, 0.05) is 6.42 Å². The van der Waals surface area contributed by atoms with Crippen LogP contribution >= 0.6 is 11.5 Å². The summed E-state index contributed by atoms with van der Waals surface area (Å²) in [6.45, 7) is 4.49. The van der Waals surface area contributed by atoms with Crippen molar-refractivity contribution in [3.8, 4) is 0 Å². The highest BCUT2D eigenvalue weighted by Gasteiger charge is 2.10. The smallest absolute Gasteiger partial charge is 0.306 e. The summed E-state index contributed by atoms with van der Waals surface area (Å²) in [4.78, 5) is 12.2. The number of carbonyl (C=O) groups excluding carboxylic acids is 1. The van der Waals surface area contributed by atoms with E-state index in [-0.39, 0.29) is 5.97 Å². The minimum absolute atomic E-state index is 0.135. The molecule has 0 spiro atoms. The minimum atomic E-state index is -0.135. The van der Waals surface area contributed by atoms with Gasteiger partial charge in [-0.1, -0.05) is 31.2 Å². The van der Waals surface area contributed by atoms with E-state index >= 15 is 0 Å². The van der Waals surface area contributed by atoms with Crippen molar-refractivity contribution in [3.05, 3.63) is 11.1 Å². The summed E-state index contributed by atoms with van der Waals surface area (Å²) in [7, 11) is 0. The van der Waals surface area contributed by atoms with Gasteiger partial charge >= 0.3 is 5.97 Å². The maximum Gasteiger partial charge on any atom is 0.306 e. The molecule has 5 heteroatoms. The molecule has 0 radical (unpaired) electrons. The molecule has 15 heavy (non-hydrogen) atoms. The van der Waals surface area contributed by atoms with Gasteiger partial charge in [0.1, 0.15) is 6.61 Å². The Morgan fingerprint density at radius 2 is 2.47 bits per heavy atom. The standard InChI is InChI=1S/C10H16N2O2S/c1-3-4-8(2)5-10(13)14-7-9-6-11-12-15-9/h6,8H,3-5,7H2,1-2H3/t8-/m1/s1. The molecule has 0 aliphatic rings. The summed E-state index contributed by atoms with van der Waals surface area (Å²) in [5.41, 5.74) is 0. The number of hydrogen-bond acceptors (Lipinski definition) is 5. The van der Waals surface area contributed by atoms with Gasteiger partial charge in [-0.3, -0.25) is 4.79 Å². The molecule has 84 valence electrons. The number of hydrogen-bond donors (Lipinski definition) is 0. The summed E-state index contributed by atoms with van der Waals surface area (Å²) < 4.78 is 8.79. The van der Waals surface area contributed by atoms with Gasteiger partial charge in [0.25, 0.3) is 0 Å². The molecule has 1 atom stereocenters. The monoisotopic (exact) mass is 228 g/mol. The molecule has 1 rings (SSSR count). The molecule has 4 nitrogen and oxygen atoms in total. The number of rotatable bonds is 6. The Bertz CT molecular complexity index is 288. The van der Waals surface area contributed by atoms with E-state index in [4.69, 9.17) is 4.74 Å². The average Bonchev–Trinajstić information content (AvgIpc) is 2.67. The molecule has 1 aromatic heterocycles. The first kappa shape index (κ1) is 12.1. The molecule has 0 amide bonds. The average molecular weight is 228 g/mol. The van der Waals surface area contributed by atoms with Crippen LogP contribution in [-0.4, -0.2) is 15.6 Å². The van der Waals surface area contributed by atoms with Crippen LogP contribution < -0.4 is 0 Å². The van der Waals surface area contributed by atoms with E-state index in [0.717, 1.165) is 17.7 Å². The highest BCUT2D eigenvalue weighted by atomic mass is 32.1. The normalized spacial score (nSPS) is 12.4. The molecule has 0 fully saturated rings. The van der Waals surface area contributed by atoms with Crippen LogP contribution in [0.25, 0.3) is 0 Å². The van der Waals surface area contributed by atoms with Gasteiger partial charge in [0.05, 0.1) is 11.1 Å². The van der Waals surface area contributed by atoms with Crippen LogP contribution in [0.1, 0.15) is 38.0 Å². The molecule has 1 aromatic rings. The summed E-state index contributed by atoms with van der Waals surface area (Å²) in [5, 5.41) is 3.67. The second-order valence-corrected chi connectivity index (χ2v) is 4.51. The Balaban J connectivity index is 2.19. The zero-order chi connectivity index (χ0) is 11.1. The topological polar surface area (TPSA) is 52.1 Å². The summed E-state index contributed by atoms with van der Waals surface area (Å²) in [6.07, 6.45) is 4.29. The molecule has 0 saturated carbocycles. The predicted octanol–water partition coefficient (Wildman–Crippen LogP) is 2.41. The molecule has 0 bridgehead atoms. The molecule has 0 saturated heterocycles. The van der Waals surface area contributed by atoms with Gasteiger partial charge in [-0.15, -0.1) is 5.10 Å². The van der Waals surface area contributed by atoms with Crippen molar-refractivity contribution in [3.63, 3.8) is 0 Å². The Labute approximate surface area is 93.8 Å². The van der Waals surface area contributed by atoms with Crippen LogP contribution in [0.2, 0.25) is 0 Å². The highest BCUT2D eigenvalue weighted by Crippen LogP contribution is 2.12. The molecular formula is C10H16N2O2S. The van der Waals surface area contributed by atoms with Crippen molar-refractivity contribution in [2.75, 3.05) is 0 Å². The fourth-order valence-corrected chi connectivity index (χ4v) is 1.75. The second kappa shape index (κ2) is 6.50. The third-order valence-corrected chi connectivity index (χ3v) is 2.71. The first-order chi connectivity index (χ1) is 7.22. The van der Waals surface area contributed by atoms with E-state index in [9.17, 15) is 4.79 Å². The fourth-order valence-electron chi connectivity index (χ4n) is 1.34. The zero-order valence-electron chi connectivity index (χ0n) is 9.10. The summed E-state index contributed by atoms with van der Waals surface area (Å²) >= 11 is 1.26. The molecule has 0 unspecified atom stereocenters. The van der Waals surface area contributed by atoms with Gasteiger partial charge in [0.15, 0.2) is 0 Å². The SMILES string of the molecule is CCC[C@@H](C)CC(=O)OCc1cnns1. The van der Waals surface area contributed by atoms with Crippen LogP contribution in [0.4, 0.5) is 0 Å². The number of carbonyl (C=O) groups is 1. The Morgan fingerprint density at radius 3 is 3.07 bits per heavy atom. The number of esters is 1. The van der Waals surface area contributed by atoms with E-state index in [1.165, 1.54) is 11.5 Å². The van der Waals surface area contributed by atoms with Gasteiger partial charge in [-0.05, 0) is 17.5 Å². The maximum absolute atomic E-state index is 11.4. The van der Waals surface area contributed by atoms with Crippen molar-refractivity contribution in [1.82, 2.24) is 9.59 Å². The maximum atomic E-state index is 11.4. The van der Waals surface area contributed by atoms with E-state index in [1.54, 1.807) is 6.20 Å². The van der Waals surface area contributed by atoms with Crippen molar-refractivity contribution in [2.45, 2.75) is 39.7 Å². The number of ether oxygens (including phenoxy) is 1. The first-order valence-electron chi connectivity index (χ1n) is 5.14. The molecule has 0 N–H and O–H groups in total. The van der Waals surface area contributed by atoms with Crippen LogP contribution in [0.15, 0.2) is 6.20 Å². The van der Waals surface area contributed by atoms with Crippen LogP contribution in [0.5, 0.6) is 0 Å². The van der Waals surface area contributed by atoms with Gasteiger partial charge in [0.2, 0.25) is 0 Å². The van der Waals surface area contributed by atoms with Gasteiger partial charge in [-0.25, -0.2) is 0 Å². The Hall–Kier alpha value is -0.970. The predicted molar refractivity (Wildman–Crippen MR) is 58.4 cm³/mol. The van der Waals surface area contributed by atoms with Crippen molar-refractivity contribution in [1.29, 1.82) is 0 Å². The lowest BCUT2D eigenvalue weighted by Gasteiger charge is -2.08. The van der Waals surface area contributed by atoms with Crippen molar-refractivity contribution in [2.24, 2.45) is 5.92 Å². The summed E-state index contributed by atoms with van der Waals surface area (Å²) in [5.74, 6) is 0.270. The van der Waals surface area contributed by atoms with Crippen molar-refractivity contribution >= 4 is 17.5 Å². The highest BCUT2D eigenvalue weighted by molar-refractivity contribution is 7.05.